The molecule has 1 aromatic rings. The summed E-state index contributed by atoms with van der Waals surface area (Å²) in [6, 6.07) is 8.81. The van der Waals surface area contributed by atoms with E-state index < -0.39 is 0 Å². The van der Waals surface area contributed by atoms with Gasteiger partial charge in [0.15, 0.2) is 0 Å². The summed E-state index contributed by atoms with van der Waals surface area (Å²) < 4.78 is 1.06. The van der Waals surface area contributed by atoms with Crippen molar-refractivity contribution >= 4 is 21.8 Å². The number of carbonyl (C=O) groups is 1. The smallest absolute Gasteiger partial charge is 0.234 e. The van der Waals surface area contributed by atoms with Gasteiger partial charge in [0, 0.05) is 23.6 Å². The van der Waals surface area contributed by atoms with E-state index in [1.54, 1.807) is 0 Å². The normalized spacial score (nSPS) is 20.8. The molecule has 132 valence electrons. The lowest BCUT2D eigenvalue weighted by Crippen LogP contribution is -2.46. The van der Waals surface area contributed by atoms with E-state index in [-0.39, 0.29) is 11.9 Å². The lowest BCUT2D eigenvalue weighted by atomic mass is 10.0. The number of nitrogens with one attached hydrogen (secondary N) is 2. The van der Waals surface area contributed by atoms with Gasteiger partial charge in [0.1, 0.15) is 0 Å². The maximum Gasteiger partial charge on any atom is 0.234 e. The molecule has 1 aromatic carbocycles. The lowest BCUT2D eigenvalue weighted by Gasteiger charge is -2.32. The highest BCUT2D eigenvalue weighted by Crippen LogP contribution is 2.28. The van der Waals surface area contributed by atoms with Gasteiger partial charge >= 0.3 is 0 Å². The fraction of sp³-hybridized carbons (Fsp3) is 0.632. The Morgan fingerprint density at radius 3 is 2.50 bits per heavy atom. The minimum atomic E-state index is 0.0448. The van der Waals surface area contributed by atoms with Crippen LogP contribution in [0.15, 0.2) is 28.7 Å². The van der Waals surface area contributed by atoms with Gasteiger partial charge in [0.05, 0.1) is 12.6 Å². The van der Waals surface area contributed by atoms with Gasteiger partial charge in [-0.1, -0.05) is 28.1 Å². The van der Waals surface area contributed by atoms with E-state index in [2.05, 4.69) is 31.5 Å². The fourth-order valence-electron chi connectivity index (χ4n) is 3.28. The van der Waals surface area contributed by atoms with Crippen LogP contribution in [0.4, 0.5) is 0 Å². The molecule has 1 heterocycles. The van der Waals surface area contributed by atoms with E-state index >= 15 is 0 Å². The van der Waals surface area contributed by atoms with Gasteiger partial charge in [-0.05, 0) is 62.8 Å². The van der Waals surface area contributed by atoms with Gasteiger partial charge in [-0.3, -0.25) is 9.69 Å². The van der Waals surface area contributed by atoms with Crippen LogP contribution in [0, 0.1) is 5.92 Å². The van der Waals surface area contributed by atoms with Gasteiger partial charge in [0.25, 0.3) is 0 Å². The van der Waals surface area contributed by atoms with Crippen molar-refractivity contribution in [3.05, 3.63) is 34.3 Å². The molecule has 2 N–H and O–H groups in total. The van der Waals surface area contributed by atoms with Gasteiger partial charge in [-0.15, -0.1) is 0 Å². The molecule has 5 heteroatoms. The second kappa shape index (κ2) is 8.45. The zero-order valence-electron chi connectivity index (χ0n) is 14.4. The Kier molecular flexibility index (Phi) is 6.31. The number of amides is 1. The Morgan fingerprint density at radius 2 is 1.88 bits per heavy atom. The van der Waals surface area contributed by atoms with Crippen LogP contribution in [0.2, 0.25) is 0 Å². The quantitative estimate of drug-likeness (QED) is 0.747. The monoisotopic (exact) mass is 393 g/mol. The molecule has 1 atom stereocenters. The predicted molar refractivity (Wildman–Crippen MR) is 101 cm³/mol. The van der Waals surface area contributed by atoms with Crippen molar-refractivity contribution in [2.24, 2.45) is 5.92 Å². The maximum absolute atomic E-state index is 12.3. The Labute approximate surface area is 153 Å². The van der Waals surface area contributed by atoms with Crippen LogP contribution in [0.5, 0.6) is 0 Å². The predicted octanol–water partition coefficient (Wildman–Crippen LogP) is 3.09. The van der Waals surface area contributed by atoms with E-state index in [9.17, 15) is 4.79 Å². The number of carbonyl (C=O) groups excluding carboxylic acids is 1. The number of hydrogen-bond acceptors (Lipinski definition) is 3. The summed E-state index contributed by atoms with van der Waals surface area (Å²) in [4.78, 5) is 14.6. The Morgan fingerprint density at radius 1 is 1.21 bits per heavy atom. The summed E-state index contributed by atoms with van der Waals surface area (Å²) in [6.07, 6.45) is 5.12. The van der Waals surface area contributed by atoms with Crippen LogP contribution in [-0.4, -0.2) is 43.0 Å². The fourth-order valence-corrected chi connectivity index (χ4v) is 3.54. The van der Waals surface area contributed by atoms with E-state index in [0.717, 1.165) is 41.9 Å². The Balaban J connectivity index is 1.36. The summed E-state index contributed by atoms with van der Waals surface area (Å²) in [5, 5.41) is 6.80. The largest absolute Gasteiger partial charge is 0.348 e. The molecule has 0 bridgehead atoms. The first-order chi connectivity index (χ1) is 11.6. The van der Waals surface area contributed by atoms with Crippen molar-refractivity contribution in [3.63, 3.8) is 0 Å². The summed E-state index contributed by atoms with van der Waals surface area (Å²) in [6.45, 7) is 5.77. The molecule has 24 heavy (non-hydrogen) atoms. The summed E-state index contributed by atoms with van der Waals surface area (Å²) >= 11 is 3.44. The molecule has 2 aliphatic rings. The number of rotatable bonds is 7. The van der Waals surface area contributed by atoms with Crippen LogP contribution in [-0.2, 0) is 4.79 Å². The first-order valence-electron chi connectivity index (χ1n) is 9.10. The third kappa shape index (κ3) is 5.57. The number of nitrogens with zero attached hydrogens (tertiary/aromatic N) is 1. The SMILES string of the molecule is CC(NC(=O)CN1CCC(NCC2CC2)CC1)c1ccc(Br)cc1. The maximum atomic E-state index is 12.3. The Bertz CT molecular complexity index is 536. The van der Waals surface area contributed by atoms with Crippen molar-refractivity contribution in [2.75, 3.05) is 26.2 Å². The molecular weight excluding hydrogens is 366 g/mol. The highest BCUT2D eigenvalue weighted by atomic mass is 79.9. The van der Waals surface area contributed by atoms with E-state index in [0.29, 0.717) is 12.6 Å². The number of hydrogen-bond donors (Lipinski definition) is 2. The van der Waals surface area contributed by atoms with Gasteiger partial charge in [-0.25, -0.2) is 0 Å². The number of piperidine rings is 1. The second-order valence-corrected chi connectivity index (χ2v) is 8.16. The van der Waals surface area contributed by atoms with Crippen LogP contribution >= 0.6 is 15.9 Å². The molecule has 0 radical (unpaired) electrons. The molecule has 3 rings (SSSR count). The number of likely N-dealkylation sites (tertiary alicyclic amines) is 1. The average Bonchev–Trinajstić information content (AvgIpc) is 3.39. The van der Waals surface area contributed by atoms with Gasteiger partial charge in [0.2, 0.25) is 5.91 Å². The number of halogens is 1. The molecule has 1 saturated carbocycles. The molecule has 2 fully saturated rings. The molecule has 0 aromatic heterocycles. The zero-order valence-corrected chi connectivity index (χ0v) is 16.0. The van der Waals surface area contributed by atoms with Crippen LogP contribution < -0.4 is 10.6 Å². The first kappa shape index (κ1) is 17.9. The van der Waals surface area contributed by atoms with Gasteiger partial charge in [-0.2, -0.15) is 0 Å². The van der Waals surface area contributed by atoms with Crippen molar-refractivity contribution < 1.29 is 4.79 Å². The van der Waals surface area contributed by atoms with Crippen LogP contribution in [0.1, 0.15) is 44.2 Å². The number of benzene rings is 1. The minimum absolute atomic E-state index is 0.0448. The third-order valence-corrected chi connectivity index (χ3v) is 5.62. The summed E-state index contributed by atoms with van der Waals surface area (Å²) in [5.41, 5.74) is 1.13. The molecular formula is C19H28BrN3O. The van der Waals surface area contributed by atoms with E-state index in [1.807, 2.05) is 31.2 Å². The highest BCUT2D eigenvalue weighted by Gasteiger charge is 2.25. The van der Waals surface area contributed by atoms with E-state index in [4.69, 9.17) is 0 Å². The van der Waals surface area contributed by atoms with Crippen LogP contribution in [0.3, 0.4) is 0 Å². The topological polar surface area (TPSA) is 44.4 Å². The standard InChI is InChI=1S/C19H28BrN3O/c1-14(16-4-6-17(20)7-5-16)22-19(24)13-23-10-8-18(9-11-23)21-12-15-2-3-15/h4-7,14-15,18,21H,2-3,8-13H2,1H3,(H,22,24). The molecule has 1 aliphatic heterocycles. The summed E-state index contributed by atoms with van der Waals surface area (Å²) in [7, 11) is 0. The molecule has 0 spiro atoms. The van der Waals surface area contributed by atoms with Crippen molar-refractivity contribution in [1.29, 1.82) is 0 Å². The van der Waals surface area contributed by atoms with Crippen molar-refractivity contribution in [2.45, 2.75) is 44.7 Å². The van der Waals surface area contributed by atoms with Crippen molar-refractivity contribution in [3.8, 4) is 0 Å². The third-order valence-electron chi connectivity index (χ3n) is 5.09. The zero-order chi connectivity index (χ0) is 16.9. The van der Waals surface area contributed by atoms with E-state index in [1.165, 1.54) is 19.4 Å². The van der Waals surface area contributed by atoms with Crippen LogP contribution in [0.25, 0.3) is 0 Å². The molecule has 1 amide bonds. The molecule has 1 aliphatic carbocycles. The summed E-state index contributed by atoms with van der Waals surface area (Å²) in [5.74, 6) is 1.06. The average molecular weight is 394 g/mol. The minimum Gasteiger partial charge on any atom is -0.348 e. The molecule has 4 nitrogen and oxygen atoms in total. The second-order valence-electron chi connectivity index (χ2n) is 7.24. The highest BCUT2D eigenvalue weighted by molar-refractivity contribution is 9.10. The Hall–Kier alpha value is -0.910. The molecule has 1 saturated heterocycles. The lowest BCUT2D eigenvalue weighted by molar-refractivity contribution is -0.123. The first-order valence-corrected chi connectivity index (χ1v) is 9.90. The molecule has 1 unspecified atom stereocenters. The van der Waals surface area contributed by atoms with Crippen molar-refractivity contribution in [1.82, 2.24) is 15.5 Å². The van der Waals surface area contributed by atoms with Gasteiger partial charge < -0.3 is 10.6 Å².